The molecule has 7 aliphatic rings. The Morgan fingerprint density at radius 3 is 1.06 bits per heavy atom. The maximum Gasteiger partial charge on any atom is 0.0718 e. The van der Waals surface area contributed by atoms with E-state index < -0.39 is 0 Å². The van der Waals surface area contributed by atoms with Crippen molar-refractivity contribution in [2.75, 3.05) is 25.0 Å². The summed E-state index contributed by atoms with van der Waals surface area (Å²) in [5.74, 6) is 0. The fourth-order valence-corrected chi connectivity index (χ4v) is 33.4. The first-order valence-electron chi connectivity index (χ1n) is 15.5. The number of thiophene rings is 2. The Hall–Kier alpha value is 3.10. The minimum absolute atomic E-state index is 1.32. The summed E-state index contributed by atoms with van der Waals surface area (Å²) < 4.78 is 21.6. The second-order valence-corrected chi connectivity index (χ2v) is 35.0. The van der Waals surface area contributed by atoms with Crippen molar-refractivity contribution < 1.29 is 0 Å². The van der Waals surface area contributed by atoms with Crippen LogP contribution in [0.1, 0.15) is 33.4 Å². The van der Waals surface area contributed by atoms with Crippen molar-refractivity contribution in [3.63, 3.8) is 0 Å². The van der Waals surface area contributed by atoms with E-state index in [0.717, 1.165) is 0 Å². The van der Waals surface area contributed by atoms with Crippen LogP contribution in [0, 0.1) is 0 Å². The molecule has 9 heterocycles. The molecule has 0 saturated heterocycles. The summed E-state index contributed by atoms with van der Waals surface area (Å²) in [6.07, 6.45) is 13.6. The quantitative estimate of drug-likeness (QED) is 0.246. The Kier molecular flexibility index (Phi) is 14.8. The minimum atomic E-state index is 1.32. The van der Waals surface area contributed by atoms with Gasteiger partial charge in [0.25, 0.3) is 0 Å². The van der Waals surface area contributed by atoms with Gasteiger partial charge < -0.3 is 0 Å². The molecule has 0 radical (unpaired) electrons. The molecular weight excluding hydrogens is 1050 g/mol. The molecular formula is C34H24S20. The summed E-state index contributed by atoms with van der Waals surface area (Å²) in [7, 11) is 0. The molecule has 0 spiro atoms. The lowest BCUT2D eigenvalue weighted by molar-refractivity contribution is 1.57. The number of allylic oxidation sites excluding steroid dienone is 2. The Morgan fingerprint density at radius 1 is 0.407 bits per heavy atom. The predicted molar refractivity (Wildman–Crippen MR) is 291 cm³/mol. The van der Waals surface area contributed by atoms with E-state index in [1.54, 1.807) is 0 Å². The summed E-state index contributed by atoms with van der Waals surface area (Å²) in [6, 6.07) is 9.35. The fourth-order valence-electron chi connectivity index (χ4n) is 4.93. The van der Waals surface area contributed by atoms with Gasteiger partial charge in [-0.1, -0.05) is 165 Å². The smallest absolute Gasteiger partial charge is 0.0718 e. The van der Waals surface area contributed by atoms with Crippen molar-refractivity contribution in [1.82, 2.24) is 0 Å². The van der Waals surface area contributed by atoms with E-state index >= 15 is 0 Å². The minimum Gasteiger partial charge on any atom is -0.136 e. The van der Waals surface area contributed by atoms with Gasteiger partial charge in [-0.05, 0) is 85.1 Å². The van der Waals surface area contributed by atoms with E-state index in [1.165, 1.54) is 98.4 Å². The summed E-state index contributed by atoms with van der Waals surface area (Å²) in [5.41, 5.74) is 1.39. The maximum atomic E-state index is 2.41. The summed E-state index contributed by atoms with van der Waals surface area (Å²) >= 11 is 38.7. The van der Waals surface area contributed by atoms with Crippen molar-refractivity contribution in [1.29, 1.82) is 0 Å². The number of rotatable bonds is 8. The number of hydrogen-bond acceptors (Lipinski definition) is 20. The van der Waals surface area contributed by atoms with Crippen LogP contribution in [0.5, 0.6) is 0 Å². The number of hydrogen-bond donors (Lipinski definition) is 0. The lowest BCUT2D eigenvalue weighted by Crippen LogP contribution is -1.82. The molecule has 0 saturated carbocycles. The van der Waals surface area contributed by atoms with E-state index in [1.807, 2.05) is 234 Å². The highest BCUT2D eigenvalue weighted by molar-refractivity contribution is 8.51. The van der Waals surface area contributed by atoms with Crippen LogP contribution in [0.3, 0.4) is 0 Å². The lowest BCUT2D eigenvalue weighted by Gasteiger charge is -2.07. The third-order valence-electron chi connectivity index (χ3n) is 7.46. The second-order valence-electron chi connectivity index (χ2n) is 10.8. The van der Waals surface area contributed by atoms with Crippen molar-refractivity contribution in [3.05, 3.63) is 117 Å². The third-order valence-corrected chi connectivity index (χ3v) is 34.7. The first-order chi connectivity index (χ1) is 26.3. The van der Waals surface area contributed by atoms with Gasteiger partial charge in [-0.15, -0.1) is 69.7 Å². The average Bonchev–Trinajstić information content (AvgIpc) is 4.00. The Balaban J connectivity index is 0.885. The van der Waals surface area contributed by atoms with E-state index in [4.69, 9.17) is 0 Å². The molecule has 2 aromatic heterocycles. The van der Waals surface area contributed by atoms with E-state index in [-0.39, 0.29) is 0 Å². The summed E-state index contributed by atoms with van der Waals surface area (Å²) in [6.45, 7) is 4.52. The van der Waals surface area contributed by atoms with E-state index in [0.29, 0.717) is 0 Å². The highest BCUT2D eigenvalue weighted by Crippen LogP contribution is 2.72. The molecule has 20 heteroatoms. The molecule has 9 rings (SSSR count). The standard InChI is InChI=1S/C34H24S20/c1-13-14(2)40-22(39-13)21(17-9-7-15(41-17)11-19-43-27-28(44-19)52-33(51-27)31-47-23(35-3)24(36-4)48-31)18-10-8-16(42-18)12-20-45-29-30(46-20)54-34(53-29)32-49-25(37-5)26(38-6)50-32/h7-12H,1-6H3. The van der Waals surface area contributed by atoms with E-state index in [2.05, 4.69) is 75.3 Å². The molecule has 0 aromatic carbocycles. The SMILES string of the molecule is CSC1=C(SC)SC(=C2SC3=C(SC(=Cc4ccc(C(=C5SC(C)=C(C)S5)c5ccc(C=C6SC7=C(S6)SC(=C6SC(SC)=C(SC)S6)S7)s5)s4)S3)S2)S1. The molecule has 0 N–H and O–H groups in total. The van der Waals surface area contributed by atoms with Crippen molar-refractivity contribution >= 4 is 252 Å². The highest BCUT2D eigenvalue weighted by Gasteiger charge is 2.36. The summed E-state index contributed by atoms with van der Waals surface area (Å²) in [5, 5.41) is 0. The molecule has 54 heavy (non-hydrogen) atoms. The van der Waals surface area contributed by atoms with Crippen LogP contribution in [0.2, 0.25) is 0 Å². The largest absolute Gasteiger partial charge is 0.136 e. The monoisotopic (exact) mass is 1070 g/mol. The van der Waals surface area contributed by atoms with Crippen LogP contribution in [-0.2, 0) is 0 Å². The lowest BCUT2D eigenvalue weighted by atomic mass is 10.2. The van der Waals surface area contributed by atoms with Crippen LogP contribution < -0.4 is 0 Å². The molecule has 0 aliphatic carbocycles. The van der Waals surface area contributed by atoms with Crippen molar-refractivity contribution in [2.24, 2.45) is 0 Å². The third kappa shape index (κ3) is 9.10. The Bertz CT molecular complexity index is 2060. The maximum absolute atomic E-state index is 2.41. The molecule has 7 aliphatic heterocycles. The van der Waals surface area contributed by atoms with Crippen LogP contribution in [-0.4, -0.2) is 25.0 Å². The molecule has 0 atom stereocenters. The molecule has 2 aromatic rings. The van der Waals surface area contributed by atoms with Crippen LogP contribution in [0.4, 0.5) is 0 Å². The Morgan fingerprint density at radius 2 is 0.722 bits per heavy atom. The van der Waals surface area contributed by atoms with Gasteiger partial charge >= 0.3 is 0 Å². The average molecular weight is 1070 g/mol. The van der Waals surface area contributed by atoms with Gasteiger partial charge in [0.1, 0.15) is 0 Å². The molecule has 0 unspecified atom stereocenters. The predicted octanol–water partition coefficient (Wildman–Crippen LogP) is 19.9. The van der Waals surface area contributed by atoms with Crippen molar-refractivity contribution in [3.8, 4) is 0 Å². The van der Waals surface area contributed by atoms with Crippen molar-refractivity contribution in [2.45, 2.75) is 13.8 Å². The zero-order chi connectivity index (χ0) is 37.1. The molecule has 0 fully saturated rings. The molecule has 280 valence electrons. The fraction of sp³-hybridized carbons (Fsp3) is 0.176. The van der Waals surface area contributed by atoms with Gasteiger partial charge in [0, 0.05) is 25.1 Å². The second kappa shape index (κ2) is 18.8. The molecule has 0 amide bonds. The van der Waals surface area contributed by atoms with Gasteiger partial charge in [-0.2, -0.15) is 0 Å². The first kappa shape index (κ1) is 42.4. The molecule has 0 bridgehead atoms. The number of thioether (sulfide) groups is 18. The van der Waals surface area contributed by atoms with Crippen LogP contribution in [0.15, 0.2) is 97.6 Å². The van der Waals surface area contributed by atoms with Gasteiger partial charge in [-0.3, -0.25) is 0 Å². The zero-order valence-electron chi connectivity index (χ0n) is 28.6. The normalized spacial score (nSPS) is 21.6. The highest BCUT2D eigenvalue weighted by atomic mass is 32.3. The van der Waals surface area contributed by atoms with Crippen LogP contribution in [0.25, 0.3) is 17.7 Å². The van der Waals surface area contributed by atoms with Gasteiger partial charge in [0.2, 0.25) is 0 Å². The van der Waals surface area contributed by atoms with Gasteiger partial charge in [0.05, 0.1) is 63.6 Å². The first-order valence-corrected chi connectivity index (χ1v) is 33.4. The molecule has 0 nitrogen and oxygen atoms in total. The van der Waals surface area contributed by atoms with Crippen LogP contribution >= 0.6 is 234 Å². The van der Waals surface area contributed by atoms with Gasteiger partial charge in [0.15, 0.2) is 0 Å². The summed E-state index contributed by atoms with van der Waals surface area (Å²) in [4.78, 5) is 8.18. The Labute approximate surface area is 402 Å². The van der Waals surface area contributed by atoms with E-state index in [9.17, 15) is 0 Å². The van der Waals surface area contributed by atoms with Gasteiger partial charge in [-0.25, -0.2) is 0 Å². The zero-order valence-corrected chi connectivity index (χ0v) is 45.0. The topological polar surface area (TPSA) is 0 Å².